The molecule has 1 aromatic carbocycles. The summed E-state index contributed by atoms with van der Waals surface area (Å²) in [7, 11) is 0. The molecule has 2 rings (SSSR count). The van der Waals surface area contributed by atoms with Crippen molar-refractivity contribution < 1.29 is 23.9 Å². The van der Waals surface area contributed by atoms with Crippen molar-refractivity contribution in [1.82, 2.24) is 10.2 Å². The second kappa shape index (κ2) is 9.07. The maximum absolute atomic E-state index is 12.5. The van der Waals surface area contributed by atoms with E-state index in [1.807, 2.05) is 12.1 Å². The van der Waals surface area contributed by atoms with Crippen molar-refractivity contribution >= 4 is 29.5 Å². The third-order valence-electron chi connectivity index (χ3n) is 5.26. The number of imide groups is 1. The van der Waals surface area contributed by atoms with Crippen molar-refractivity contribution in [3.05, 3.63) is 29.8 Å². The van der Waals surface area contributed by atoms with Crippen LogP contribution in [-0.2, 0) is 19.1 Å². The molecule has 1 fully saturated rings. The van der Waals surface area contributed by atoms with Crippen molar-refractivity contribution in [3.8, 4) is 0 Å². The number of urea groups is 1. The summed E-state index contributed by atoms with van der Waals surface area (Å²) in [6.07, 6.45) is -0.225. The molecule has 0 radical (unpaired) electrons. The first-order valence-corrected chi connectivity index (χ1v) is 9.88. The number of hydrogen-bond acceptors (Lipinski definition) is 5. The molecule has 0 aliphatic carbocycles. The minimum Gasteiger partial charge on any atom is -0.451 e. The summed E-state index contributed by atoms with van der Waals surface area (Å²) in [5.74, 6) is -1.39. The Labute approximate surface area is 171 Å². The summed E-state index contributed by atoms with van der Waals surface area (Å²) in [6, 6.07) is 6.77. The lowest BCUT2D eigenvalue weighted by Gasteiger charge is -2.23. The molecule has 1 aromatic rings. The largest absolute Gasteiger partial charge is 0.451 e. The predicted octanol–water partition coefficient (Wildman–Crippen LogP) is 2.79. The number of hydrogen-bond donors (Lipinski definition) is 2. The summed E-state index contributed by atoms with van der Waals surface area (Å²) in [6.45, 7) is 8.64. The zero-order valence-corrected chi connectivity index (χ0v) is 17.6. The zero-order valence-electron chi connectivity index (χ0n) is 17.6. The van der Waals surface area contributed by atoms with Gasteiger partial charge in [0.25, 0.3) is 11.8 Å². The molecule has 1 atom stereocenters. The van der Waals surface area contributed by atoms with E-state index >= 15 is 0 Å². The monoisotopic (exact) mass is 403 g/mol. The lowest BCUT2D eigenvalue weighted by Crippen LogP contribution is -2.46. The molecule has 1 aliphatic heterocycles. The molecule has 8 nitrogen and oxygen atoms in total. The Hall–Kier alpha value is -2.90. The first-order chi connectivity index (χ1) is 13.6. The summed E-state index contributed by atoms with van der Waals surface area (Å²) in [4.78, 5) is 49.9. The van der Waals surface area contributed by atoms with E-state index in [0.29, 0.717) is 24.4 Å². The average Bonchev–Trinajstić information content (AvgIpc) is 2.92. The average molecular weight is 403 g/mol. The highest BCUT2D eigenvalue weighted by Gasteiger charge is 2.49. The fraction of sp³-hybridized carbons (Fsp3) is 0.524. The Kier molecular flexibility index (Phi) is 7.00. The highest BCUT2D eigenvalue weighted by atomic mass is 16.5. The number of ether oxygens (including phenoxy) is 1. The quantitative estimate of drug-likeness (QED) is 0.513. The summed E-state index contributed by atoms with van der Waals surface area (Å²) < 4.78 is 5.12. The summed E-state index contributed by atoms with van der Waals surface area (Å²) in [5, 5.41) is 5.32. The molecule has 1 saturated heterocycles. The van der Waals surface area contributed by atoms with Crippen molar-refractivity contribution in [3.63, 3.8) is 0 Å². The minimum atomic E-state index is -1.07. The molecule has 1 aliphatic rings. The fourth-order valence-corrected chi connectivity index (χ4v) is 3.16. The number of anilines is 1. The molecule has 8 heteroatoms. The number of nitrogens with zero attached hydrogens (tertiary/aromatic N) is 1. The van der Waals surface area contributed by atoms with Crippen LogP contribution in [0.2, 0.25) is 0 Å². The van der Waals surface area contributed by atoms with Gasteiger partial charge in [-0.2, -0.15) is 0 Å². The Morgan fingerprint density at radius 3 is 2.17 bits per heavy atom. The van der Waals surface area contributed by atoms with Gasteiger partial charge in [-0.1, -0.05) is 39.8 Å². The SMILES string of the molecule is CCC1(CC)NC(=O)N(CC(=O)O[C@H](C)C(=O)Nc2ccc(C(C)C)cc2)C1=O. The van der Waals surface area contributed by atoms with Gasteiger partial charge in [0.2, 0.25) is 0 Å². The van der Waals surface area contributed by atoms with Crippen LogP contribution in [0.15, 0.2) is 24.3 Å². The number of esters is 1. The van der Waals surface area contributed by atoms with E-state index in [2.05, 4.69) is 24.5 Å². The van der Waals surface area contributed by atoms with Crippen LogP contribution in [0.1, 0.15) is 58.9 Å². The highest BCUT2D eigenvalue weighted by molar-refractivity contribution is 6.08. The van der Waals surface area contributed by atoms with Gasteiger partial charge in [0.1, 0.15) is 12.1 Å². The van der Waals surface area contributed by atoms with Crippen LogP contribution in [0.5, 0.6) is 0 Å². The number of benzene rings is 1. The van der Waals surface area contributed by atoms with Crippen LogP contribution in [0, 0.1) is 0 Å². The summed E-state index contributed by atoms with van der Waals surface area (Å²) >= 11 is 0. The van der Waals surface area contributed by atoms with Gasteiger partial charge in [-0.15, -0.1) is 0 Å². The van der Waals surface area contributed by atoms with E-state index in [4.69, 9.17) is 4.74 Å². The lowest BCUT2D eigenvalue weighted by atomic mass is 9.93. The van der Waals surface area contributed by atoms with Crippen molar-refractivity contribution in [2.24, 2.45) is 0 Å². The maximum atomic E-state index is 12.5. The molecular formula is C21H29N3O5. The van der Waals surface area contributed by atoms with Gasteiger partial charge >= 0.3 is 12.0 Å². The van der Waals surface area contributed by atoms with Crippen LogP contribution in [0.25, 0.3) is 0 Å². The Bertz CT molecular complexity index is 784. The third-order valence-corrected chi connectivity index (χ3v) is 5.26. The second-order valence-corrected chi connectivity index (χ2v) is 7.51. The van der Waals surface area contributed by atoms with Crippen LogP contribution in [0.3, 0.4) is 0 Å². The molecule has 4 amide bonds. The standard InChI is InChI=1S/C21H29N3O5/c1-6-21(7-2)19(27)24(20(28)23-21)12-17(25)29-14(5)18(26)22-16-10-8-15(9-11-16)13(3)4/h8-11,13-14H,6-7,12H2,1-5H3,(H,22,26)(H,23,28)/t14-/m1/s1. The molecule has 1 heterocycles. The predicted molar refractivity (Wildman–Crippen MR) is 108 cm³/mol. The van der Waals surface area contributed by atoms with Crippen molar-refractivity contribution in [2.75, 3.05) is 11.9 Å². The van der Waals surface area contributed by atoms with Crippen LogP contribution >= 0.6 is 0 Å². The van der Waals surface area contributed by atoms with E-state index in [1.165, 1.54) is 6.92 Å². The van der Waals surface area contributed by atoms with Gasteiger partial charge in [0.05, 0.1) is 0 Å². The van der Waals surface area contributed by atoms with E-state index < -0.39 is 42.0 Å². The molecular weight excluding hydrogens is 374 g/mol. The molecule has 0 unspecified atom stereocenters. The normalized spacial score (nSPS) is 16.6. The van der Waals surface area contributed by atoms with Crippen molar-refractivity contribution in [1.29, 1.82) is 0 Å². The van der Waals surface area contributed by atoms with Gasteiger partial charge in [0, 0.05) is 5.69 Å². The van der Waals surface area contributed by atoms with Gasteiger partial charge < -0.3 is 15.4 Å². The molecule has 0 aromatic heterocycles. The van der Waals surface area contributed by atoms with Crippen molar-refractivity contribution in [2.45, 2.75) is 65.0 Å². The topological polar surface area (TPSA) is 105 Å². The van der Waals surface area contributed by atoms with Crippen LogP contribution in [-0.4, -0.2) is 46.9 Å². The fourth-order valence-electron chi connectivity index (χ4n) is 3.16. The summed E-state index contributed by atoms with van der Waals surface area (Å²) in [5.41, 5.74) is 0.751. The van der Waals surface area contributed by atoms with Gasteiger partial charge in [-0.25, -0.2) is 4.79 Å². The van der Waals surface area contributed by atoms with E-state index in [-0.39, 0.29) is 0 Å². The number of amides is 4. The van der Waals surface area contributed by atoms with E-state index in [0.717, 1.165) is 10.5 Å². The molecule has 2 N–H and O–H groups in total. The smallest absolute Gasteiger partial charge is 0.327 e. The maximum Gasteiger partial charge on any atom is 0.327 e. The van der Waals surface area contributed by atoms with Crippen LogP contribution < -0.4 is 10.6 Å². The van der Waals surface area contributed by atoms with Gasteiger partial charge in [0.15, 0.2) is 6.10 Å². The third kappa shape index (κ3) is 4.93. The zero-order chi connectivity index (χ0) is 21.8. The first-order valence-electron chi connectivity index (χ1n) is 9.88. The molecule has 158 valence electrons. The van der Waals surface area contributed by atoms with E-state index in [1.54, 1.807) is 26.0 Å². The van der Waals surface area contributed by atoms with Gasteiger partial charge in [-0.05, 0) is 43.4 Å². The Morgan fingerprint density at radius 2 is 1.69 bits per heavy atom. The number of carbonyl (C=O) groups excluding carboxylic acids is 4. The van der Waals surface area contributed by atoms with E-state index in [9.17, 15) is 19.2 Å². The van der Waals surface area contributed by atoms with Crippen LogP contribution in [0.4, 0.5) is 10.5 Å². The molecule has 0 spiro atoms. The highest BCUT2D eigenvalue weighted by Crippen LogP contribution is 2.24. The lowest BCUT2D eigenvalue weighted by molar-refractivity contribution is -0.155. The second-order valence-electron chi connectivity index (χ2n) is 7.51. The molecule has 0 saturated carbocycles. The number of carbonyl (C=O) groups is 4. The Morgan fingerprint density at radius 1 is 1.10 bits per heavy atom. The molecule has 29 heavy (non-hydrogen) atoms. The molecule has 0 bridgehead atoms. The minimum absolute atomic E-state index is 0.379. The number of rotatable bonds is 8. The number of nitrogens with one attached hydrogen (secondary N) is 2. The Balaban J connectivity index is 1.92. The first kappa shape index (κ1) is 22.4. The van der Waals surface area contributed by atoms with Gasteiger partial charge in [-0.3, -0.25) is 19.3 Å².